The maximum Gasteiger partial charge on any atom is 0.460 e. The summed E-state index contributed by atoms with van der Waals surface area (Å²) in [6.07, 6.45) is -5.44. The minimum absolute atomic E-state index is 0.167. The first-order valence-electron chi connectivity index (χ1n) is 16.6. The number of hydrogen-bond donors (Lipinski definition) is 3. The molecule has 0 saturated heterocycles. The highest BCUT2D eigenvalue weighted by Crippen LogP contribution is 2.64. The fourth-order valence-electron chi connectivity index (χ4n) is 5.52. The Morgan fingerprint density at radius 2 is 1.16 bits per heavy atom. The molecule has 330 valence electrons. The summed E-state index contributed by atoms with van der Waals surface area (Å²) >= 11 is 0. The van der Waals surface area contributed by atoms with Gasteiger partial charge in [0.1, 0.15) is 12.4 Å². The number of hydroxylamine groups is 1. The Balaban J connectivity index is 3.15. The normalized spacial score (nSPS) is 15.9. The molecule has 0 aromatic heterocycles. The van der Waals surface area contributed by atoms with Gasteiger partial charge in [-0.05, 0) is 47.2 Å². The second kappa shape index (κ2) is 18.4. The van der Waals surface area contributed by atoms with Gasteiger partial charge in [-0.3, -0.25) is 10.0 Å². The van der Waals surface area contributed by atoms with Crippen LogP contribution in [0.3, 0.4) is 0 Å². The number of allylic oxidation sites excluding steroid dienone is 3. The summed E-state index contributed by atoms with van der Waals surface area (Å²) in [4.78, 5) is 10.9. The molecular weight excluding hydrogens is 841 g/mol. The molecule has 0 unspecified atom stereocenters. The average Bonchev–Trinajstić information content (AvgIpc) is 3.09. The summed E-state index contributed by atoms with van der Waals surface area (Å²) in [5, 5.41) is 19.1. The number of aliphatic hydroxyl groups excluding tert-OH is 1. The molecule has 0 heterocycles. The molecule has 0 aliphatic rings. The third-order valence-electron chi connectivity index (χ3n) is 9.17. The van der Waals surface area contributed by atoms with Crippen LogP contribution in [0.1, 0.15) is 59.1 Å². The minimum Gasteiger partial charge on any atom is -0.491 e. The molecule has 24 heteroatoms. The first-order valence-corrected chi connectivity index (χ1v) is 18.9. The number of carbonyl (C=O) groups excluding carboxylic acids is 1. The molecule has 0 bridgehead atoms. The number of amides is 1. The standard InChI is InChI=1S/C33H40F17NO5Si/c1-19(2)57(20(3)4,56-17-16-55-23-13-11-22(12-14-23)25(53)21(5)9-7-6-8-10-24(52)51-54)18-15-26(34,35)27(36,37)28(38,39)29(40,41)30(42,43)31(44,45)32(46,47)33(48,49)50/h6-8,10-14,19-21,25,53-54H,9,15-18H2,1-5H3,(H,51,52)/b7-6+,10-8+/t21-,25-/m1/s1. The fraction of sp³-hybridized carbons (Fsp3) is 0.667. The van der Waals surface area contributed by atoms with Crippen LogP contribution >= 0.6 is 0 Å². The van der Waals surface area contributed by atoms with Gasteiger partial charge >= 0.3 is 47.6 Å². The fourth-order valence-corrected chi connectivity index (χ4v) is 9.98. The molecule has 0 spiro atoms. The van der Waals surface area contributed by atoms with E-state index in [4.69, 9.17) is 14.4 Å². The molecule has 57 heavy (non-hydrogen) atoms. The van der Waals surface area contributed by atoms with E-state index in [0.717, 1.165) is 6.08 Å². The first-order chi connectivity index (χ1) is 25.6. The van der Waals surface area contributed by atoms with Gasteiger partial charge in [0.05, 0.1) is 12.7 Å². The van der Waals surface area contributed by atoms with E-state index < -0.39 is 98.1 Å². The number of ether oxygens (including phenoxy) is 1. The molecule has 1 rings (SSSR count). The Hall–Kier alpha value is -3.12. The van der Waals surface area contributed by atoms with Gasteiger partial charge in [0.15, 0.2) is 8.32 Å². The highest BCUT2D eigenvalue weighted by Gasteiger charge is 2.95. The van der Waals surface area contributed by atoms with Crippen LogP contribution in [-0.4, -0.2) is 85.4 Å². The van der Waals surface area contributed by atoms with Gasteiger partial charge in [-0.2, -0.15) is 74.6 Å². The summed E-state index contributed by atoms with van der Waals surface area (Å²) in [5.74, 6) is -57.6. The van der Waals surface area contributed by atoms with Crippen molar-refractivity contribution in [3.8, 4) is 5.75 Å². The number of halogens is 17. The molecule has 3 N–H and O–H groups in total. The van der Waals surface area contributed by atoms with Crippen molar-refractivity contribution in [1.82, 2.24) is 5.48 Å². The molecule has 0 aliphatic carbocycles. The minimum atomic E-state index is -8.68. The predicted molar refractivity (Wildman–Crippen MR) is 171 cm³/mol. The number of benzene rings is 1. The SMILES string of the molecule is CC(C)[Si](CCC(F)(F)C(F)(F)C(F)(F)C(F)(F)C(F)(F)C(F)(F)C(F)(F)C(F)(F)F)(OCCOc1ccc([C@H](O)[C@H](C)C/C=C/C=C/C(=O)NO)cc1)C(C)C. The van der Waals surface area contributed by atoms with Crippen molar-refractivity contribution in [3.05, 3.63) is 54.1 Å². The summed E-state index contributed by atoms with van der Waals surface area (Å²) in [7, 11) is -3.95. The topological polar surface area (TPSA) is 88.0 Å². The zero-order valence-electron chi connectivity index (χ0n) is 30.5. The first kappa shape index (κ1) is 51.9. The lowest BCUT2D eigenvalue weighted by Crippen LogP contribution is -2.74. The molecular formula is C33H40F17NO5Si. The number of nitrogens with one attached hydrogen (secondary N) is 1. The van der Waals surface area contributed by atoms with Crippen molar-refractivity contribution in [2.24, 2.45) is 5.92 Å². The van der Waals surface area contributed by atoms with Crippen LogP contribution < -0.4 is 10.2 Å². The van der Waals surface area contributed by atoms with Crippen molar-refractivity contribution in [3.63, 3.8) is 0 Å². The Labute approximate surface area is 316 Å². The van der Waals surface area contributed by atoms with Gasteiger partial charge in [-0.25, -0.2) is 5.48 Å². The predicted octanol–water partition coefficient (Wildman–Crippen LogP) is 10.9. The zero-order valence-corrected chi connectivity index (χ0v) is 31.5. The lowest BCUT2D eigenvalue weighted by molar-refractivity contribution is -0.461. The Morgan fingerprint density at radius 3 is 1.60 bits per heavy atom. The van der Waals surface area contributed by atoms with Crippen LogP contribution in [0.4, 0.5) is 74.6 Å². The van der Waals surface area contributed by atoms with E-state index in [2.05, 4.69) is 0 Å². The average molecular weight is 882 g/mol. The third kappa shape index (κ3) is 10.4. The highest BCUT2D eigenvalue weighted by atomic mass is 28.4. The second-order valence-corrected chi connectivity index (χ2v) is 18.6. The van der Waals surface area contributed by atoms with Gasteiger partial charge in [-0.15, -0.1) is 0 Å². The Morgan fingerprint density at radius 1 is 0.702 bits per heavy atom. The van der Waals surface area contributed by atoms with Gasteiger partial charge in [0.25, 0.3) is 5.91 Å². The molecule has 6 nitrogen and oxygen atoms in total. The second-order valence-electron chi connectivity index (χ2n) is 13.6. The summed E-state index contributed by atoms with van der Waals surface area (Å²) in [6.45, 7) is 6.14. The van der Waals surface area contributed by atoms with Crippen LogP contribution in [0.15, 0.2) is 48.6 Å². The molecule has 2 atom stereocenters. The van der Waals surface area contributed by atoms with Crippen LogP contribution in [-0.2, 0) is 9.22 Å². The van der Waals surface area contributed by atoms with Crippen LogP contribution in [0.2, 0.25) is 17.1 Å². The van der Waals surface area contributed by atoms with Gasteiger partial charge < -0.3 is 14.3 Å². The summed E-state index contributed by atoms with van der Waals surface area (Å²) < 4.78 is 245. The van der Waals surface area contributed by atoms with Crippen LogP contribution in [0.5, 0.6) is 5.75 Å². The molecule has 1 amide bonds. The molecule has 0 fully saturated rings. The lowest BCUT2D eigenvalue weighted by atomic mass is 9.88. The number of alkyl halides is 17. The molecule has 0 aliphatic heterocycles. The lowest BCUT2D eigenvalue weighted by Gasteiger charge is -2.44. The van der Waals surface area contributed by atoms with Crippen LogP contribution in [0.25, 0.3) is 0 Å². The largest absolute Gasteiger partial charge is 0.491 e. The highest BCUT2D eigenvalue weighted by molar-refractivity contribution is 6.76. The third-order valence-corrected chi connectivity index (χ3v) is 14.8. The monoisotopic (exact) mass is 881 g/mol. The summed E-state index contributed by atoms with van der Waals surface area (Å²) in [5.41, 5.74) is 0.131. The van der Waals surface area contributed by atoms with Gasteiger partial charge in [0, 0.05) is 12.5 Å². The number of carbonyl (C=O) groups is 1. The van der Waals surface area contributed by atoms with Crippen molar-refractivity contribution >= 4 is 14.2 Å². The molecule has 1 aromatic rings. The van der Waals surface area contributed by atoms with Crippen molar-refractivity contribution in [1.29, 1.82) is 0 Å². The number of hydrogen-bond acceptors (Lipinski definition) is 5. The molecule has 1 aromatic carbocycles. The van der Waals surface area contributed by atoms with E-state index in [1.165, 1.54) is 69.6 Å². The summed E-state index contributed by atoms with van der Waals surface area (Å²) in [6, 6.07) is 4.48. The number of aliphatic hydroxyl groups is 1. The molecule has 0 radical (unpaired) electrons. The van der Waals surface area contributed by atoms with Crippen molar-refractivity contribution < 1.29 is 98.9 Å². The van der Waals surface area contributed by atoms with E-state index in [9.17, 15) is 84.5 Å². The maximum absolute atomic E-state index is 14.8. The van der Waals surface area contributed by atoms with E-state index in [-0.39, 0.29) is 18.3 Å². The number of rotatable bonds is 22. The van der Waals surface area contributed by atoms with Crippen molar-refractivity contribution in [2.75, 3.05) is 13.2 Å². The smallest absolute Gasteiger partial charge is 0.460 e. The Kier molecular flexibility index (Phi) is 16.8. The van der Waals surface area contributed by atoms with Gasteiger partial charge in [0.2, 0.25) is 0 Å². The van der Waals surface area contributed by atoms with E-state index >= 15 is 0 Å². The quantitative estimate of drug-likeness (QED) is 0.0205. The molecule has 0 saturated carbocycles. The van der Waals surface area contributed by atoms with E-state index in [0.29, 0.717) is 12.0 Å². The van der Waals surface area contributed by atoms with Crippen LogP contribution in [0, 0.1) is 5.92 Å². The van der Waals surface area contributed by atoms with Crippen molar-refractivity contribution in [2.45, 2.75) is 118 Å². The van der Waals surface area contributed by atoms with Gasteiger partial charge in [-0.1, -0.05) is 65.0 Å². The van der Waals surface area contributed by atoms with E-state index in [1.807, 2.05) is 0 Å². The zero-order chi connectivity index (χ0) is 44.9. The van der Waals surface area contributed by atoms with E-state index in [1.54, 1.807) is 13.0 Å². The Bertz CT molecular complexity index is 1510. The maximum atomic E-state index is 14.8.